The number of halogens is 1. The van der Waals surface area contributed by atoms with E-state index in [0.29, 0.717) is 5.88 Å². The zero-order chi connectivity index (χ0) is 9.26. The lowest BCUT2D eigenvalue weighted by molar-refractivity contribution is 0.439. The first-order valence-corrected chi connectivity index (χ1v) is 4.53. The number of anilines is 1. The molecule has 13 heavy (non-hydrogen) atoms. The highest BCUT2D eigenvalue weighted by atomic mass is 79.9. The van der Waals surface area contributed by atoms with E-state index in [1.54, 1.807) is 6.07 Å². The van der Waals surface area contributed by atoms with Gasteiger partial charge in [-0.15, -0.1) is 0 Å². The van der Waals surface area contributed by atoms with Crippen LogP contribution in [0.3, 0.4) is 0 Å². The molecular weight excluding hydrogens is 232 g/mol. The molecule has 2 rings (SSSR count). The van der Waals surface area contributed by atoms with Crippen molar-refractivity contribution in [2.24, 2.45) is 0 Å². The van der Waals surface area contributed by atoms with Crippen molar-refractivity contribution in [3.63, 3.8) is 0 Å². The Kier molecular flexibility index (Phi) is 2.06. The SMILES string of the molecule is Nc1cc(-c2cccc(Br)c2)no1. The molecule has 0 saturated heterocycles. The van der Waals surface area contributed by atoms with E-state index in [4.69, 9.17) is 10.3 Å². The maximum atomic E-state index is 5.41. The maximum Gasteiger partial charge on any atom is 0.222 e. The van der Waals surface area contributed by atoms with Gasteiger partial charge in [0.25, 0.3) is 0 Å². The molecule has 4 heteroatoms. The second kappa shape index (κ2) is 3.22. The molecule has 0 unspecified atom stereocenters. The van der Waals surface area contributed by atoms with E-state index in [-0.39, 0.29) is 0 Å². The van der Waals surface area contributed by atoms with Crippen molar-refractivity contribution in [2.75, 3.05) is 5.73 Å². The van der Waals surface area contributed by atoms with Crippen LogP contribution in [0.15, 0.2) is 39.3 Å². The zero-order valence-electron chi connectivity index (χ0n) is 6.70. The monoisotopic (exact) mass is 238 g/mol. The predicted octanol–water partition coefficient (Wildman–Crippen LogP) is 2.69. The largest absolute Gasteiger partial charge is 0.368 e. The first kappa shape index (κ1) is 8.31. The van der Waals surface area contributed by atoms with Gasteiger partial charge in [-0.1, -0.05) is 33.2 Å². The summed E-state index contributed by atoms with van der Waals surface area (Å²) in [7, 11) is 0. The van der Waals surface area contributed by atoms with E-state index in [0.717, 1.165) is 15.7 Å². The number of rotatable bonds is 1. The number of benzene rings is 1. The molecule has 66 valence electrons. The lowest BCUT2D eigenvalue weighted by Crippen LogP contribution is -1.77. The topological polar surface area (TPSA) is 52.0 Å². The van der Waals surface area contributed by atoms with E-state index < -0.39 is 0 Å². The first-order chi connectivity index (χ1) is 6.25. The van der Waals surface area contributed by atoms with E-state index in [1.165, 1.54) is 0 Å². The minimum Gasteiger partial charge on any atom is -0.368 e. The fourth-order valence-electron chi connectivity index (χ4n) is 1.07. The summed E-state index contributed by atoms with van der Waals surface area (Å²) in [4.78, 5) is 0. The van der Waals surface area contributed by atoms with Crippen LogP contribution in [0.1, 0.15) is 0 Å². The van der Waals surface area contributed by atoms with Crippen molar-refractivity contribution in [2.45, 2.75) is 0 Å². The fraction of sp³-hybridized carbons (Fsp3) is 0. The molecule has 0 saturated carbocycles. The molecule has 0 aliphatic carbocycles. The molecule has 0 aliphatic rings. The van der Waals surface area contributed by atoms with E-state index in [2.05, 4.69) is 21.1 Å². The van der Waals surface area contributed by atoms with E-state index in [9.17, 15) is 0 Å². The lowest BCUT2D eigenvalue weighted by atomic mass is 10.2. The molecule has 1 heterocycles. The van der Waals surface area contributed by atoms with Crippen molar-refractivity contribution < 1.29 is 4.52 Å². The predicted molar refractivity (Wildman–Crippen MR) is 54.1 cm³/mol. The third-order valence-corrected chi connectivity index (χ3v) is 2.14. The molecule has 0 spiro atoms. The summed E-state index contributed by atoms with van der Waals surface area (Å²) >= 11 is 3.38. The quantitative estimate of drug-likeness (QED) is 0.832. The van der Waals surface area contributed by atoms with Gasteiger partial charge in [-0.25, -0.2) is 0 Å². The fourth-order valence-corrected chi connectivity index (χ4v) is 1.47. The highest BCUT2D eigenvalue weighted by Gasteiger charge is 2.03. The van der Waals surface area contributed by atoms with Crippen LogP contribution in [0.25, 0.3) is 11.3 Å². The minimum absolute atomic E-state index is 0.329. The van der Waals surface area contributed by atoms with Crippen LogP contribution in [-0.4, -0.2) is 5.16 Å². The van der Waals surface area contributed by atoms with Gasteiger partial charge in [0.05, 0.1) is 0 Å². The van der Waals surface area contributed by atoms with Gasteiger partial charge in [0, 0.05) is 16.1 Å². The molecule has 1 aromatic heterocycles. The number of aromatic nitrogens is 1. The average molecular weight is 239 g/mol. The van der Waals surface area contributed by atoms with Crippen LogP contribution < -0.4 is 5.73 Å². The van der Waals surface area contributed by atoms with Gasteiger partial charge < -0.3 is 10.3 Å². The third-order valence-electron chi connectivity index (χ3n) is 1.65. The summed E-state index contributed by atoms with van der Waals surface area (Å²) in [5.74, 6) is 0.329. The number of hydrogen-bond acceptors (Lipinski definition) is 3. The summed E-state index contributed by atoms with van der Waals surface area (Å²) in [5.41, 5.74) is 7.14. The first-order valence-electron chi connectivity index (χ1n) is 3.74. The van der Waals surface area contributed by atoms with Crippen molar-refractivity contribution in [3.05, 3.63) is 34.8 Å². The molecule has 0 aliphatic heterocycles. The third kappa shape index (κ3) is 1.72. The Bertz CT molecular complexity index is 425. The standard InChI is InChI=1S/C9H7BrN2O/c10-7-3-1-2-6(4-7)8-5-9(11)13-12-8/h1-5H,11H2. The summed E-state index contributed by atoms with van der Waals surface area (Å²) in [6.45, 7) is 0. The molecule has 2 aromatic rings. The van der Waals surface area contributed by atoms with Gasteiger partial charge in [0.1, 0.15) is 5.69 Å². The molecule has 0 radical (unpaired) electrons. The van der Waals surface area contributed by atoms with Crippen LogP contribution in [0.2, 0.25) is 0 Å². The normalized spacial score (nSPS) is 10.2. The van der Waals surface area contributed by atoms with Crippen molar-refractivity contribution in [1.29, 1.82) is 0 Å². The van der Waals surface area contributed by atoms with Crippen molar-refractivity contribution in [3.8, 4) is 11.3 Å². The van der Waals surface area contributed by atoms with Crippen LogP contribution >= 0.6 is 15.9 Å². The van der Waals surface area contributed by atoms with Gasteiger partial charge in [-0.3, -0.25) is 0 Å². The van der Waals surface area contributed by atoms with Gasteiger partial charge in [0.15, 0.2) is 0 Å². The molecular formula is C9H7BrN2O. The second-order valence-corrected chi connectivity index (χ2v) is 3.54. The maximum absolute atomic E-state index is 5.41. The second-order valence-electron chi connectivity index (χ2n) is 2.62. The van der Waals surface area contributed by atoms with Gasteiger partial charge in [-0.2, -0.15) is 0 Å². The molecule has 0 bridgehead atoms. The molecule has 0 atom stereocenters. The van der Waals surface area contributed by atoms with Crippen molar-refractivity contribution >= 4 is 21.8 Å². The Hall–Kier alpha value is -1.29. The molecule has 1 aromatic carbocycles. The minimum atomic E-state index is 0.329. The molecule has 3 nitrogen and oxygen atoms in total. The highest BCUT2D eigenvalue weighted by molar-refractivity contribution is 9.10. The number of nitrogens with two attached hydrogens (primary N) is 1. The number of nitrogen functional groups attached to an aromatic ring is 1. The highest BCUT2D eigenvalue weighted by Crippen LogP contribution is 2.22. The van der Waals surface area contributed by atoms with Crippen LogP contribution in [0.4, 0.5) is 5.88 Å². The van der Waals surface area contributed by atoms with E-state index >= 15 is 0 Å². The lowest BCUT2D eigenvalue weighted by Gasteiger charge is -1.94. The summed E-state index contributed by atoms with van der Waals surface area (Å²) in [6.07, 6.45) is 0. The van der Waals surface area contributed by atoms with E-state index in [1.807, 2.05) is 24.3 Å². The molecule has 2 N–H and O–H groups in total. The zero-order valence-corrected chi connectivity index (χ0v) is 8.28. The average Bonchev–Trinajstić information content (AvgIpc) is 2.52. The number of nitrogens with zero attached hydrogens (tertiary/aromatic N) is 1. The smallest absolute Gasteiger partial charge is 0.222 e. The molecule has 0 amide bonds. The Morgan fingerprint density at radius 1 is 1.31 bits per heavy atom. The van der Waals surface area contributed by atoms with Crippen LogP contribution in [0.5, 0.6) is 0 Å². The summed E-state index contributed by atoms with van der Waals surface area (Å²) in [5, 5.41) is 3.81. The van der Waals surface area contributed by atoms with Crippen LogP contribution in [0, 0.1) is 0 Å². The van der Waals surface area contributed by atoms with Crippen molar-refractivity contribution in [1.82, 2.24) is 5.16 Å². The Balaban J connectivity index is 2.46. The van der Waals surface area contributed by atoms with Crippen LogP contribution in [-0.2, 0) is 0 Å². The molecule has 0 fully saturated rings. The number of hydrogen-bond donors (Lipinski definition) is 1. The summed E-state index contributed by atoms with van der Waals surface area (Å²) in [6, 6.07) is 9.48. The summed E-state index contributed by atoms with van der Waals surface area (Å²) < 4.78 is 5.78. The van der Waals surface area contributed by atoms with Gasteiger partial charge in [-0.05, 0) is 12.1 Å². The Labute approximate surface area is 83.7 Å². The van der Waals surface area contributed by atoms with Gasteiger partial charge >= 0.3 is 0 Å². The van der Waals surface area contributed by atoms with Gasteiger partial charge in [0.2, 0.25) is 5.88 Å². The Morgan fingerprint density at radius 3 is 2.77 bits per heavy atom. The Morgan fingerprint density at radius 2 is 2.15 bits per heavy atom.